The van der Waals surface area contributed by atoms with Crippen LogP contribution in [0.25, 0.3) is 0 Å². The summed E-state index contributed by atoms with van der Waals surface area (Å²) in [6, 6.07) is 13.4. The van der Waals surface area contributed by atoms with E-state index in [9.17, 15) is 9.90 Å². The average Bonchev–Trinajstić information content (AvgIpc) is 2.74. The van der Waals surface area contributed by atoms with Gasteiger partial charge in [-0.3, -0.25) is 4.79 Å². The van der Waals surface area contributed by atoms with Crippen molar-refractivity contribution in [1.82, 2.24) is 0 Å². The van der Waals surface area contributed by atoms with E-state index in [1.165, 1.54) is 0 Å². The van der Waals surface area contributed by atoms with E-state index in [0.717, 1.165) is 27.9 Å². The minimum Gasteiger partial charge on any atom is -0.384 e. The highest BCUT2D eigenvalue weighted by atomic mass is 16.3. The second-order valence-electron chi connectivity index (χ2n) is 5.34. The van der Waals surface area contributed by atoms with E-state index in [1.54, 1.807) is 0 Å². The Bertz CT molecular complexity index is 664. The van der Waals surface area contributed by atoms with Crippen LogP contribution in [0.3, 0.4) is 0 Å². The monoisotopic (exact) mass is 267 g/mol. The number of aliphatic hydroxyl groups excluding tert-OH is 1. The van der Waals surface area contributed by atoms with Crippen molar-refractivity contribution in [2.24, 2.45) is 0 Å². The molecule has 1 heterocycles. The molecule has 0 radical (unpaired) electrons. The van der Waals surface area contributed by atoms with E-state index in [2.05, 4.69) is 5.32 Å². The van der Waals surface area contributed by atoms with Gasteiger partial charge in [0.15, 0.2) is 0 Å². The van der Waals surface area contributed by atoms with Crippen LogP contribution in [0.5, 0.6) is 0 Å². The van der Waals surface area contributed by atoms with E-state index in [4.69, 9.17) is 0 Å². The molecule has 3 rings (SSSR count). The van der Waals surface area contributed by atoms with Crippen LogP contribution in [0.2, 0.25) is 0 Å². The van der Waals surface area contributed by atoms with Gasteiger partial charge in [-0.15, -0.1) is 0 Å². The number of carbonyl (C=O) groups excluding carboxylic acids is 1. The molecule has 20 heavy (non-hydrogen) atoms. The fraction of sp³-hybridized carbons (Fsp3) is 0.235. The van der Waals surface area contributed by atoms with Crippen molar-refractivity contribution in [1.29, 1.82) is 0 Å². The molecule has 0 aliphatic carbocycles. The smallest absolute Gasteiger partial charge is 0.231 e. The van der Waals surface area contributed by atoms with Crippen LogP contribution in [-0.4, -0.2) is 11.0 Å². The first-order valence-electron chi connectivity index (χ1n) is 6.76. The van der Waals surface area contributed by atoms with Crippen LogP contribution >= 0.6 is 0 Å². The lowest BCUT2D eigenvalue weighted by Crippen LogP contribution is -2.09. The third kappa shape index (κ3) is 2.00. The summed E-state index contributed by atoms with van der Waals surface area (Å²) in [7, 11) is 0. The fourth-order valence-corrected chi connectivity index (χ4v) is 2.73. The number of amides is 1. The van der Waals surface area contributed by atoms with E-state index >= 15 is 0 Å². The maximum Gasteiger partial charge on any atom is 0.231 e. The number of aliphatic hydroxyl groups is 1. The zero-order valence-corrected chi connectivity index (χ0v) is 11.6. The number of carbonyl (C=O) groups is 1. The highest BCUT2D eigenvalue weighted by molar-refractivity contribution is 6.03. The van der Waals surface area contributed by atoms with Crippen molar-refractivity contribution in [2.45, 2.75) is 25.9 Å². The summed E-state index contributed by atoms with van der Waals surface area (Å²) in [5, 5.41) is 13.5. The maximum atomic E-state index is 11.9. The summed E-state index contributed by atoms with van der Waals surface area (Å²) in [5.41, 5.74) is 4.39. The molecular formula is C17H17NO2. The second-order valence-corrected chi connectivity index (χ2v) is 5.34. The predicted molar refractivity (Wildman–Crippen MR) is 78.7 cm³/mol. The highest BCUT2D eigenvalue weighted by Crippen LogP contribution is 2.40. The molecule has 2 unspecified atom stereocenters. The normalized spacial score (nSPS) is 18.6. The van der Waals surface area contributed by atoms with Crippen molar-refractivity contribution in [3.8, 4) is 0 Å². The first-order valence-corrected chi connectivity index (χ1v) is 6.76. The second kappa shape index (κ2) is 4.76. The molecule has 2 aromatic rings. The molecule has 0 saturated heterocycles. The number of hydrogen-bond acceptors (Lipinski definition) is 2. The Morgan fingerprint density at radius 3 is 2.60 bits per heavy atom. The number of anilines is 1. The Kier molecular flexibility index (Phi) is 3.07. The summed E-state index contributed by atoms with van der Waals surface area (Å²) in [5.74, 6) is -0.168. The van der Waals surface area contributed by atoms with Gasteiger partial charge in [0.2, 0.25) is 5.91 Å². The summed E-state index contributed by atoms with van der Waals surface area (Å²) >= 11 is 0. The number of fused-ring (bicyclic) bond motifs is 1. The molecule has 0 bridgehead atoms. The molecule has 1 aliphatic heterocycles. The topological polar surface area (TPSA) is 49.3 Å². The average molecular weight is 267 g/mol. The Labute approximate surface area is 118 Å². The number of benzene rings is 2. The number of nitrogens with one attached hydrogen (secondary N) is 1. The van der Waals surface area contributed by atoms with Gasteiger partial charge < -0.3 is 10.4 Å². The minimum atomic E-state index is -0.726. The van der Waals surface area contributed by atoms with Crippen LogP contribution in [0.1, 0.15) is 41.2 Å². The third-order valence-corrected chi connectivity index (χ3v) is 3.86. The number of rotatable bonds is 2. The van der Waals surface area contributed by atoms with Crippen molar-refractivity contribution in [2.75, 3.05) is 5.32 Å². The Morgan fingerprint density at radius 1 is 1.20 bits per heavy atom. The van der Waals surface area contributed by atoms with Gasteiger partial charge in [0.05, 0.1) is 11.6 Å². The minimum absolute atomic E-state index is 0.00730. The van der Waals surface area contributed by atoms with Gasteiger partial charge in [-0.25, -0.2) is 0 Å². The van der Waals surface area contributed by atoms with Crippen LogP contribution in [0.4, 0.5) is 5.69 Å². The van der Waals surface area contributed by atoms with Gasteiger partial charge in [0.25, 0.3) is 0 Å². The summed E-state index contributed by atoms with van der Waals surface area (Å²) < 4.78 is 0. The standard InChI is InChI=1S/C17H17NO2/c1-10-8-13-11(2)17(20)18-15(13)14(9-10)16(19)12-6-4-3-5-7-12/h3-9,11,16,19H,1-2H3,(H,18,20). The van der Waals surface area contributed by atoms with Crippen LogP contribution in [0.15, 0.2) is 42.5 Å². The van der Waals surface area contributed by atoms with E-state index in [-0.39, 0.29) is 11.8 Å². The van der Waals surface area contributed by atoms with Crippen LogP contribution in [-0.2, 0) is 4.79 Å². The van der Waals surface area contributed by atoms with Crippen LogP contribution < -0.4 is 5.32 Å². The SMILES string of the molecule is Cc1cc2c(c(C(O)c3ccccc3)c1)NC(=O)C2C. The van der Waals surface area contributed by atoms with Crippen molar-refractivity contribution >= 4 is 11.6 Å². The Morgan fingerprint density at radius 2 is 1.90 bits per heavy atom. The quantitative estimate of drug-likeness (QED) is 0.878. The van der Waals surface area contributed by atoms with Gasteiger partial charge in [0, 0.05) is 5.56 Å². The Balaban J connectivity index is 2.12. The maximum absolute atomic E-state index is 11.9. The van der Waals surface area contributed by atoms with Crippen molar-refractivity contribution in [3.63, 3.8) is 0 Å². The fourth-order valence-electron chi connectivity index (χ4n) is 2.73. The Hall–Kier alpha value is -2.13. The molecule has 3 nitrogen and oxygen atoms in total. The van der Waals surface area contributed by atoms with Gasteiger partial charge >= 0.3 is 0 Å². The van der Waals surface area contributed by atoms with Gasteiger partial charge in [0.1, 0.15) is 6.10 Å². The molecule has 3 heteroatoms. The van der Waals surface area contributed by atoms with Crippen molar-refractivity contribution < 1.29 is 9.90 Å². The van der Waals surface area contributed by atoms with E-state index in [0.29, 0.717) is 0 Å². The van der Waals surface area contributed by atoms with Crippen molar-refractivity contribution in [3.05, 3.63) is 64.7 Å². The molecule has 2 N–H and O–H groups in total. The molecule has 1 amide bonds. The van der Waals surface area contributed by atoms with Gasteiger partial charge in [-0.2, -0.15) is 0 Å². The molecule has 2 aromatic carbocycles. The van der Waals surface area contributed by atoms with E-state index < -0.39 is 6.10 Å². The molecule has 0 aromatic heterocycles. The summed E-state index contributed by atoms with van der Waals surface area (Å²) in [4.78, 5) is 11.9. The predicted octanol–water partition coefficient (Wildman–Crippen LogP) is 3.13. The molecule has 0 spiro atoms. The summed E-state index contributed by atoms with van der Waals surface area (Å²) in [6.45, 7) is 3.87. The molecule has 0 fully saturated rings. The largest absolute Gasteiger partial charge is 0.384 e. The first kappa shape index (κ1) is 12.9. The first-order chi connectivity index (χ1) is 9.58. The lowest BCUT2D eigenvalue weighted by molar-refractivity contribution is -0.116. The van der Waals surface area contributed by atoms with Gasteiger partial charge in [-0.05, 0) is 25.0 Å². The zero-order valence-electron chi connectivity index (χ0n) is 11.6. The molecule has 1 aliphatic rings. The molecule has 102 valence electrons. The third-order valence-electron chi connectivity index (χ3n) is 3.86. The van der Waals surface area contributed by atoms with Crippen LogP contribution in [0, 0.1) is 6.92 Å². The molecular weight excluding hydrogens is 250 g/mol. The van der Waals surface area contributed by atoms with Gasteiger partial charge in [-0.1, -0.05) is 48.0 Å². The van der Waals surface area contributed by atoms with E-state index in [1.807, 2.05) is 56.3 Å². The lowest BCUT2D eigenvalue weighted by Gasteiger charge is -2.16. The molecule has 2 atom stereocenters. The highest BCUT2D eigenvalue weighted by Gasteiger charge is 2.30. The molecule has 0 saturated carbocycles. The number of aryl methyl sites for hydroxylation is 1. The number of hydrogen-bond donors (Lipinski definition) is 2. The summed E-state index contributed by atoms with van der Waals surface area (Å²) in [6.07, 6.45) is -0.726. The lowest BCUT2D eigenvalue weighted by atomic mass is 9.93. The zero-order chi connectivity index (χ0) is 14.3.